The number of rotatable bonds is 9. The fraction of sp³-hybridized carbons (Fsp3) is 0.310. The summed E-state index contributed by atoms with van der Waals surface area (Å²) >= 11 is 6.07. The van der Waals surface area contributed by atoms with E-state index >= 15 is 4.39 Å². The molecule has 0 spiro atoms. The van der Waals surface area contributed by atoms with Crippen molar-refractivity contribution >= 4 is 29.2 Å². The van der Waals surface area contributed by atoms with Crippen LogP contribution >= 0.6 is 11.6 Å². The third-order valence-electron chi connectivity index (χ3n) is 6.87. The van der Waals surface area contributed by atoms with E-state index in [1.165, 1.54) is 25.3 Å². The molecule has 0 aliphatic carbocycles. The van der Waals surface area contributed by atoms with Crippen molar-refractivity contribution in [1.82, 2.24) is 4.90 Å². The van der Waals surface area contributed by atoms with Crippen molar-refractivity contribution in [2.45, 2.75) is 32.2 Å². The number of alkyl halides is 4. The lowest BCUT2D eigenvalue weighted by Crippen LogP contribution is -2.40. The number of nitrogens with zero attached hydrogens (tertiary/aromatic N) is 2. The molecule has 40 heavy (non-hydrogen) atoms. The van der Waals surface area contributed by atoms with Crippen LogP contribution < -0.4 is 9.64 Å². The van der Waals surface area contributed by atoms with Gasteiger partial charge in [0.05, 0.1) is 23.9 Å². The molecule has 0 N–H and O–H groups in total. The first-order valence-corrected chi connectivity index (χ1v) is 12.9. The zero-order valence-electron chi connectivity index (χ0n) is 22.0. The third kappa shape index (κ3) is 5.51. The Morgan fingerprint density at radius 2 is 1.68 bits per heavy atom. The number of benzene rings is 3. The molecule has 0 saturated carbocycles. The van der Waals surface area contributed by atoms with Crippen LogP contribution in [0.15, 0.2) is 60.7 Å². The van der Waals surface area contributed by atoms with Gasteiger partial charge in [-0.3, -0.25) is 14.6 Å². The summed E-state index contributed by atoms with van der Waals surface area (Å²) in [5.74, 6) is -2.10. The van der Waals surface area contributed by atoms with Crippen LogP contribution in [0.2, 0.25) is 5.02 Å². The van der Waals surface area contributed by atoms with Gasteiger partial charge in [0.15, 0.2) is 6.73 Å². The van der Waals surface area contributed by atoms with Crippen LogP contribution in [-0.2, 0) is 27.9 Å². The van der Waals surface area contributed by atoms with Gasteiger partial charge in [-0.25, -0.2) is 9.18 Å². The third-order valence-corrected chi connectivity index (χ3v) is 7.11. The molecule has 0 unspecified atom stereocenters. The highest BCUT2D eigenvalue weighted by Gasteiger charge is 2.55. The quantitative estimate of drug-likeness (QED) is 0.212. The second-order valence-corrected chi connectivity index (χ2v) is 9.62. The zero-order valence-corrected chi connectivity index (χ0v) is 22.8. The van der Waals surface area contributed by atoms with E-state index in [9.17, 15) is 22.8 Å². The van der Waals surface area contributed by atoms with Crippen molar-refractivity contribution in [3.63, 3.8) is 0 Å². The molecule has 1 heterocycles. The molecule has 0 fully saturated rings. The van der Waals surface area contributed by atoms with Crippen LogP contribution in [-0.4, -0.2) is 43.7 Å². The normalized spacial score (nSPS) is 16.8. The van der Waals surface area contributed by atoms with E-state index in [0.717, 1.165) is 24.7 Å². The summed E-state index contributed by atoms with van der Waals surface area (Å²) in [5.41, 5.74) is -3.93. The Kier molecular flexibility index (Phi) is 8.41. The summed E-state index contributed by atoms with van der Waals surface area (Å²) in [4.78, 5) is 29.2. The Morgan fingerprint density at radius 1 is 1.00 bits per heavy atom. The molecule has 0 aromatic heterocycles. The fourth-order valence-electron chi connectivity index (χ4n) is 4.63. The minimum Gasteiger partial charge on any atom is -0.496 e. The number of hydrogen-bond donors (Lipinski definition) is 0. The van der Waals surface area contributed by atoms with Crippen LogP contribution in [0.5, 0.6) is 5.75 Å². The number of ether oxygens (including phenoxy) is 2. The van der Waals surface area contributed by atoms with Gasteiger partial charge < -0.3 is 9.47 Å². The smallest absolute Gasteiger partial charge is 0.416 e. The molecule has 1 aliphatic rings. The molecule has 3 aromatic rings. The second-order valence-electron chi connectivity index (χ2n) is 9.19. The first kappa shape index (κ1) is 29.4. The van der Waals surface area contributed by atoms with Crippen molar-refractivity contribution in [2.24, 2.45) is 0 Å². The van der Waals surface area contributed by atoms with Crippen molar-refractivity contribution in [3.8, 4) is 5.75 Å². The minimum atomic E-state index is -4.76. The van der Waals surface area contributed by atoms with E-state index in [1.54, 1.807) is 24.3 Å². The monoisotopic (exact) mass is 578 g/mol. The van der Waals surface area contributed by atoms with Crippen LogP contribution in [0, 0.1) is 0 Å². The van der Waals surface area contributed by atoms with Gasteiger partial charge in [-0.1, -0.05) is 43.6 Å². The largest absolute Gasteiger partial charge is 0.496 e. The van der Waals surface area contributed by atoms with Crippen LogP contribution in [0.3, 0.4) is 0 Å². The molecule has 0 radical (unpaired) electrons. The molecular weight excluding hydrogens is 552 g/mol. The van der Waals surface area contributed by atoms with E-state index < -0.39 is 36.0 Å². The molecule has 11 heteroatoms. The maximum atomic E-state index is 16.8. The summed E-state index contributed by atoms with van der Waals surface area (Å²) in [7, 11) is 1.26. The standard InChI is InChI=1S/C29H27ClF4N2O4/c1-4-35(5-2)16-18-6-8-19(9-7-18)26(37)40-17-36-24-14-20(29(32,33)34)10-12-22(24)28(31,27(36)38)23-15-21(30)11-13-25(23)39-3/h6-15H,4-5,16-17H2,1-3H3/t28-/m0/s1. The van der Waals surface area contributed by atoms with E-state index in [2.05, 4.69) is 4.90 Å². The Bertz CT molecular complexity index is 1410. The number of fused-ring (bicyclic) bond motifs is 1. The van der Waals surface area contributed by atoms with Gasteiger partial charge in [0, 0.05) is 22.7 Å². The summed E-state index contributed by atoms with van der Waals surface area (Å²) in [6.07, 6.45) is -4.76. The highest BCUT2D eigenvalue weighted by atomic mass is 35.5. The van der Waals surface area contributed by atoms with Crippen molar-refractivity contribution in [2.75, 3.05) is 31.8 Å². The molecule has 3 aromatic carbocycles. The Labute approximate surface area is 234 Å². The lowest BCUT2D eigenvalue weighted by Gasteiger charge is -2.23. The van der Waals surface area contributed by atoms with Crippen LogP contribution in [0.25, 0.3) is 0 Å². The second kappa shape index (κ2) is 11.5. The lowest BCUT2D eigenvalue weighted by atomic mass is 9.88. The Hall–Kier alpha value is -3.63. The molecule has 6 nitrogen and oxygen atoms in total. The van der Waals surface area contributed by atoms with Gasteiger partial charge >= 0.3 is 12.1 Å². The number of carbonyl (C=O) groups is 2. The zero-order chi connectivity index (χ0) is 29.2. The van der Waals surface area contributed by atoms with Crippen LogP contribution in [0.4, 0.5) is 23.2 Å². The number of amides is 1. The maximum absolute atomic E-state index is 16.8. The number of carbonyl (C=O) groups excluding carboxylic acids is 2. The highest BCUT2D eigenvalue weighted by Crippen LogP contribution is 2.51. The summed E-state index contributed by atoms with van der Waals surface area (Å²) in [5, 5.41) is 0.0865. The van der Waals surface area contributed by atoms with Gasteiger partial charge in [0.1, 0.15) is 5.75 Å². The maximum Gasteiger partial charge on any atom is 0.416 e. The lowest BCUT2D eigenvalue weighted by molar-refractivity contribution is -0.137. The molecule has 4 rings (SSSR count). The predicted molar refractivity (Wildman–Crippen MR) is 142 cm³/mol. The number of anilines is 1. The SMILES string of the molecule is CCN(CC)Cc1ccc(C(=O)OCN2C(=O)[C@@](F)(c3cc(Cl)ccc3OC)c3ccc(C(F)(F)F)cc32)cc1. The summed E-state index contributed by atoms with van der Waals surface area (Å²) in [6.45, 7) is 5.67. The van der Waals surface area contributed by atoms with Crippen molar-refractivity contribution < 1.29 is 36.6 Å². The average molecular weight is 579 g/mol. The molecule has 1 amide bonds. The van der Waals surface area contributed by atoms with Gasteiger partial charge in [0.2, 0.25) is 5.67 Å². The fourth-order valence-corrected chi connectivity index (χ4v) is 4.80. The number of esters is 1. The van der Waals surface area contributed by atoms with E-state index in [-0.39, 0.29) is 33.1 Å². The van der Waals surface area contributed by atoms with Gasteiger partial charge in [-0.2, -0.15) is 13.2 Å². The molecule has 212 valence electrons. The average Bonchev–Trinajstić information content (AvgIpc) is 3.16. The van der Waals surface area contributed by atoms with Crippen molar-refractivity contribution in [3.05, 3.63) is 93.5 Å². The molecular formula is C29H27ClF4N2O4. The Balaban J connectivity index is 1.66. The Morgan fingerprint density at radius 3 is 2.27 bits per heavy atom. The number of methoxy groups -OCH3 is 1. The van der Waals surface area contributed by atoms with Crippen LogP contribution in [0.1, 0.15) is 46.5 Å². The summed E-state index contributed by atoms with van der Waals surface area (Å²) in [6, 6.07) is 12.8. The molecule has 1 atom stereocenters. The van der Waals surface area contributed by atoms with Crippen molar-refractivity contribution in [1.29, 1.82) is 0 Å². The van der Waals surface area contributed by atoms with Gasteiger partial charge in [-0.15, -0.1) is 0 Å². The van der Waals surface area contributed by atoms with E-state index in [1.807, 2.05) is 13.8 Å². The first-order valence-electron chi connectivity index (χ1n) is 12.5. The predicted octanol–water partition coefficient (Wildman–Crippen LogP) is 6.58. The topological polar surface area (TPSA) is 59.1 Å². The molecule has 0 saturated heterocycles. The summed E-state index contributed by atoms with van der Waals surface area (Å²) < 4.78 is 68.0. The molecule has 0 bridgehead atoms. The first-order chi connectivity index (χ1) is 18.9. The molecule has 1 aliphatic heterocycles. The van der Waals surface area contributed by atoms with Gasteiger partial charge in [-0.05, 0) is 61.1 Å². The number of halogens is 5. The van der Waals surface area contributed by atoms with E-state index in [0.29, 0.717) is 23.6 Å². The van der Waals surface area contributed by atoms with Gasteiger partial charge in [0.25, 0.3) is 5.91 Å². The minimum absolute atomic E-state index is 0.0326. The highest BCUT2D eigenvalue weighted by molar-refractivity contribution is 6.30. The number of hydrogen-bond acceptors (Lipinski definition) is 5. The van der Waals surface area contributed by atoms with E-state index in [4.69, 9.17) is 21.1 Å².